The van der Waals surface area contributed by atoms with Crippen LogP contribution in [0.2, 0.25) is 0 Å². The van der Waals surface area contributed by atoms with E-state index in [0.717, 1.165) is 24.2 Å². The molecule has 2 aromatic rings. The molecule has 3 rings (SSSR count). The monoisotopic (exact) mass is 254 g/mol. The summed E-state index contributed by atoms with van der Waals surface area (Å²) in [7, 11) is 0. The molecule has 98 valence electrons. The van der Waals surface area contributed by atoms with Crippen LogP contribution in [0.25, 0.3) is 0 Å². The Hall–Kier alpha value is -1.87. The molecule has 1 aromatic carbocycles. The molecular formula is C16H18N2O. The number of fused-ring (bicyclic) bond motifs is 1. The number of nitrogens with zero attached hydrogens (tertiary/aromatic N) is 1. The van der Waals surface area contributed by atoms with Crippen molar-refractivity contribution in [2.75, 3.05) is 0 Å². The van der Waals surface area contributed by atoms with Crippen LogP contribution >= 0.6 is 0 Å². The lowest BCUT2D eigenvalue weighted by atomic mass is 10.1. The van der Waals surface area contributed by atoms with E-state index in [-0.39, 0.29) is 0 Å². The predicted molar refractivity (Wildman–Crippen MR) is 75.4 cm³/mol. The predicted octanol–water partition coefficient (Wildman–Crippen LogP) is 3.13. The van der Waals surface area contributed by atoms with Crippen LogP contribution in [0.15, 0.2) is 30.3 Å². The van der Waals surface area contributed by atoms with Crippen LogP contribution in [0, 0.1) is 6.92 Å². The molecule has 19 heavy (non-hydrogen) atoms. The second-order valence-corrected chi connectivity index (χ2v) is 5.03. The van der Waals surface area contributed by atoms with Crippen molar-refractivity contribution in [3.8, 4) is 11.6 Å². The van der Waals surface area contributed by atoms with Gasteiger partial charge in [-0.25, -0.2) is 4.98 Å². The maximum Gasteiger partial charge on any atom is 0.223 e. The average molecular weight is 254 g/mol. The minimum absolute atomic E-state index is 0.460. The van der Waals surface area contributed by atoms with Gasteiger partial charge in [-0.1, -0.05) is 12.1 Å². The second kappa shape index (κ2) is 5.02. The Balaban J connectivity index is 1.96. The Kier molecular flexibility index (Phi) is 3.22. The zero-order chi connectivity index (χ0) is 13.2. The highest BCUT2D eigenvalue weighted by Crippen LogP contribution is 2.29. The number of hydrogen-bond donors (Lipinski definition) is 1. The first kappa shape index (κ1) is 12.2. The van der Waals surface area contributed by atoms with Crippen LogP contribution < -0.4 is 10.5 Å². The SMILES string of the molecule is Cc1cccc(Oc2nc3c(cc2CN)CCC3)c1. The second-order valence-electron chi connectivity index (χ2n) is 5.03. The number of nitrogens with two attached hydrogens (primary N) is 1. The largest absolute Gasteiger partial charge is 0.439 e. The molecule has 1 aliphatic carbocycles. The molecule has 3 nitrogen and oxygen atoms in total. The molecule has 0 amide bonds. The number of aryl methyl sites for hydroxylation is 3. The quantitative estimate of drug-likeness (QED) is 0.915. The van der Waals surface area contributed by atoms with Crippen molar-refractivity contribution < 1.29 is 4.74 Å². The molecular weight excluding hydrogens is 236 g/mol. The normalized spacial score (nSPS) is 13.4. The molecule has 0 unspecified atom stereocenters. The molecule has 1 heterocycles. The van der Waals surface area contributed by atoms with E-state index in [9.17, 15) is 0 Å². The molecule has 0 aliphatic heterocycles. The van der Waals surface area contributed by atoms with E-state index in [1.807, 2.05) is 31.2 Å². The third-order valence-electron chi connectivity index (χ3n) is 3.51. The van der Waals surface area contributed by atoms with E-state index in [1.54, 1.807) is 0 Å². The van der Waals surface area contributed by atoms with Gasteiger partial charge >= 0.3 is 0 Å². The van der Waals surface area contributed by atoms with Crippen molar-refractivity contribution in [3.63, 3.8) is 0 Å². The van der Waals surface area contributed by atoms with E-state index < -0.39 is 0 Å². The number of aromatic nitrogens is 1. The summed E-state index contributed by atoms with van der Waals surface area (Å²) in [6.45, 7) is 2.51. The maximum atomic E-state index is 5.92. The summed E-state index contributed by atoms with van der Waals surface area (Å²) in [5.41, 5.74) is 10.5. The van der Waals surface area contributed by atoms with E-state index in [0.29, 0.717) is 12.4 Å². The molecule has 2 N–H and O–H groups in total. The number of benzene rings is 1. The third-order valence-corrected chi connectivity index (χ3v) is 3.51. The first-order valence-electron chi connectivity index (χ1n) is 6.72. The molecule has 0 atom stereocenters. The van der Waals surface area contributed by atoms with Gasteiger partial charge in [0, 0.05) is 17.8 Å². The lowest BCUT2D eigenvalue weighted by Gasteiger charge is -2.11. The average Bonchev–Trinajstić information content (AvgIpc) is 2.85. The van der Waals surface area contributed by atoms with Crippen molar-refractivity contribution in [2.24, 2.45) is 5.73 Å². The fourth-order valence-electron chi connectivity index (χ4n) is 2.53. The number of pyridine rings is 1. The Morgan fingerprint density at radius 2 is 2.16 bits per heavy atom. The number of hydrogen-bond acceptors (Lipinski definition) is 3. The van der Waals surface area contributed by atoms with E-state index in [4.69, 9.17) is 10.5 Å². The smallest absolute Gasteiger partial charge is 0.223 e. The van der Waals surface area contributed by atoms with Gasteiger partial charge in [0.05, 0.1) is 0 Å². The van der Waals surface area contributed by atoms with Crippen molar-refractivity contribution in [1.82, 2.24) is 4.98 Å². The van der Waals surface area contributed by atoms with Gasteiger partial charge in [-0.2, -0.15) is 0 Å². The van der Waals surface area contributed by atoms with E-state index in [1.165, 1.54) is 23.2 Å². The molecule has 1 aromatic heterocycles. The first-order chi connectivity index (χ1) is 9.26. The standard InChI is InChI=1S/C16H18N2O/c1-11-4-2-6-14(8-11)19-16-13(10-17)9-12-5-3-7-15(12)18-16/h2,4,6,8-9H,3,5,7,10,17H2,1H3. The molecule has 0 fully saturated rings. The summed E-state index contributed by atoms with van der Waals surface area (Å²) in [6, 6.07) is 10.1. The minimum atomic E-state index is 0.460. The summed E-state index contributed by atoms with van der Waals surface area (Å²) in [5, 5.41) is 0. The van der Waals surface area contributed by atoms with Gasteiger partial charge in [-0.15, -0.1) is 0 Å². The van der Waals surface area contributed by atoms with Crippen LogP contribution in [0.5, 0.6) is 11.6 Å². The van der Waals surface area contributed by atoms with Gasteiger partial charge in [0.25, 0.3) is 0 Å². The summed E-state index contributed by atoms with van der Waals surface area (Å²) in [4.78, 5) is 4.65. The third kappa shape index (κ3) is 2.47. The highest BCUT2D eigenvalue weighted by atomic mass is 16.5. The molecule has 1 aliphatic rings. The molecule has 0 saturated carbocycles. The van der Waals surface area contributed by atoms with Gasteiger partial charge in [-0.3, -0.25) is 0 Å². The molecule has 3 heteroatoms. The topological polar surface area (TPSA) is 48.1 Å². The van der Waals surface area contributed by atoms with Gasteiger partial charge < -0.3 is 10.5 Å². The van der Waals surface area contributed by atoms with Gasteiger partial charge in [0.15, 0.2) is 0 Å². The molecule has 0 radical (unpaired) electrons. The highest BCUT2D eigenvalue weighted by Gasteiger charge is 2.17. The lowest BCUT2D eigenvalue weighted by molar-refractivity contribution is 0.454. The number of ether oxygens (including phenoxy) is 1. The molecule has 0 spiro atoms. The summed E-state index contributed by atoms with van der Waals surface area (Å²) < 4.78 is 5.92. The molecule has 0 saturated heterocycles. The van der Waals surface area contributed by atoms with Crippen molar-refractivity contribution in [2.45, 2.75) is 32.7 Å². The zero-order valence-corrected chi connectivity index (χ0v) is 11.1. The van der Waals surface area contributed by atoms with Crippen LogP contribution in [-0.4, -0.2) is 4.98 Å². The minimum Gasteiger partial charge on any atom is -0.439 e. The van der Waals surface area contributed by atoms with E-state index >= 15 is 0 Å². The van der Waals surface area contributed by atoms with Gasteiger partial charge in [-0.05, 0) is 55.5 Å². The first-order valence-corrected chi connectivity index (χ1v) is 6.72. The molecule has 0 bridgehead atoms. The van der Waals surface area contributed by atoms with Crippen molar-refractivity contribution in [3.05, 3.63) is 52.7 Å². The highest BCUT2D eigenvalue weighted by molar-refractivity contribution is 5.39. The Labute approximate surface area is 113 Å². The van der Waals surface area contributed by atoms with Crippen molar-refractivity contribution >= 4 is 0 Å². The number of rotatable bonds is 3. The fraction of sp³-hybridized carbons (Fsp3) is 0.312. The van der Waals surface area contributed by atoms with Crippen LogP contribution in [0.4, 0.5) is 0 Å². The van der Waals surface area contributed by atoms with Gasteiger partial charge in [0.2, 0.25) is 5.88 Å². The maximum absolute atomic E-state index is 5.92. The van der Waals surface area contributed by atoms with Gasteiger partial charge in [0.1, 0.15) is 5.75 Å². The van der Waals surface area contributed by atoms with E-state index in [2.05, 4.69) is 11.1 Å². The lowest BCUT2D eigenvalue weighted by Crippen LogP contribution is -2.04. The summed E-state index contributed by atoms with van der Waals surface area (Å²) in [5.74, 6) is 1.48. The van der Waals surface area contributed by atoms with Crippen molar-refractivity contribution in [1.29, 1.82) is 0 Å². The Bertz CT molecular complexity index is 608. The zero-order valence-electron chi connectivity index (χ0n) is 11.1. The Morgan fingerprint density at radius 1 is 1.26 bits per heavy atom. The van der Waals surface area contributed by atoms with Crippen LogP contribution in [0.1, 0.15) is 28.8 Å². The fourth-order valence-corrected chi connectivity index (χ4v) is 2.53. The summed E-state index contributed by atoms with van der Waals surface area (Å²) >= 11 is 0. The summed E-state index contributed by atoms with van der Waals surface area (Å²) in [6.07, 6.45) is 3.34. The Morgan fingerprint density at radius 3 is 2.95 bits per heavy atom. The van der Waals surface area contributed by atoms with Crippen LogP contribution in [0.3, 0.4) is 0 Å². The van der Waals surface area contributed by atoms with Crippen LogP contribution in [-0.2, 0) is 19.4 Å².